The van der Waals surface area contributed by atoms with E-state index in [9.17, 15) is 24.3 Å². The largest absolute Gasteiger partial charge is 0.391 e. The summed E-state index contributed by atoms with van der Waals surface area (Å²) >= 11 is 0. The Morgan fingerprint density at radius 1 is 0.930 bits per heavy atom. The van der Waals surface area contributed by atoms with Gasteiger partial charge in [0.15, 0.2) is 0 Å². The average Bonchev–Trinajstić information content (AvgIpc) is 2.99. The molecule has 4 amide bonds. The maximum atomic E-state index is 13.9. The summed E-state index contributed by atoms with van der Waals surface area (Å²) in [7, 11) is 3.35. The molecule has 0 spiro atoms. The number of rotatable bonds is 10. The number of amides is 4. The molecule has 1 unspecified atom stereocenters. The fourth-order valence-corrected chi connectivity index (χ4v) is 7.26. The van der Waals surface area contributed by atoms with Gasteiger partial charge in [-0.15, -0.1) is 0 Å². The van der Waals surface area contributed by atoms with Crippen molar-refractivity contribution < 1.29 is 24.3 Å². The van der Waals surface area contributed by atoms with Crippen molar-refractivity contribution in [3.05, 3.63) is 60.3 Å². The van der Waals surface area contributed by atoms with Gasteiger partial charge in [0.2, 0.25) is 23.6 Å². The lowest BCUT2D eigenvalue weighted by molar-refractivity contribution is -0.149. The summed E-state index contributed by atoms with van der Waals surface area (Å²) in [5.74, 6) is -0.884. The highest BCUT2D eigenvalue weighted by Gasteiger charge is 2.42. The van der Waals surface area contributed by atoms with Crippen LogP contribution in [0, 0.1) is 0 Å². The molecule has 232 valence electrons. The van der Waals surface area contributed by atoms with Crippen LogP contribution in [0.5, 0.6) is 0 Å². The van der Waals surface area contributed by atoms with Gasteiger partial charge in [0.05, 0.1) is 6.10 Å². The maximum Gasteiger partial charge on any atom is 0.246 e. The van der Waals surface area contributed by atoms with Gasteiger partial charge < -0.3 is 26.0 Å². The van der Waals surface area contributed by atoms with Crippen LogP contribution in [0.25, 0.3) is 0 Å². The smallest absolute Gasteiger partial charge is 0.246 e. The number of aliphatic hydroxyl groups excluding tert-OH is 1. The molecule has 1 aromatic heterocycles. The van der Waals surface area contributed by atoms with Crippen molar-refractivity contribution >= 4 is 45.2 Å². The molecule has 3 heterocycles. The Kier molecular flexibility index (Phi) is 11.9. The standard InChI is InChI=1S/C31H41N5O5S2/c1-31(2)30(41)34-24(19-21-11-5-3-6-12-21)29(40)36-20-22(37)15-16-25(36)28(39)33-23(27(38)35-31)13-7-4-10-18-42-43-26-14-8-9-17-32-26/h3,5-6,8-9,11-12,14,17,22-25,37H,4,7,10,13,15-16,18-20H2,1-2H3,(H,33,39)(H,34,41)(H,35,38)/t22?,23-,24-,25+/m0/s1. The first-order chi connectivity index (χ1) is 20.6. The van der Waals surface area contributed by atoms with Gasteiger partial charge in [-0.25, -0.2) is 4.98 Å². The lowest BCUT2D eigenvalue weighted by atomic mass is 9.94. The molecule has 4 atom stereocenters. The highest BCUT2D eigenvalue weighted by molar-refractivity contribution is 8.76. The number of piperidine rings is 1. The van der Waals surface area contributed by atoms with Crippen LogP contribution in [-0.2, 0) is 25.6 Å². The van der Waals surface area contributed by atoms with Gasteiger partial charge in [-0.1, -0.05) is 60.0 Å². The van der Waals surface area contributed by atoms with Gasteiger partial charge in [-0.3, -0.25) is 19.2 Å². The Morgan fingerprint density at radius 3 is 2.44 bits per heavy atom. The van der Waals surface area contributed by atoms with Crippen LogP contribution in [0.1, 0.15) is 57.9 Å². The second-order valence-corrected chi connectivity index (χ2v) is 14.0. The molecule has 1 aromatic carbocycles. The molecule has 2 aromatic rings. The van der Waals surface area contributed by atoms with Crippen molar-refractivity contribution in [2.24, 2.45) is 0 Å². The van der Waals surface area contributed by atoms with E-state index in [0.29, 0.717) is 19.3 Å². The molecule has 0 saturated carbocycles. The lowest BCUT2D eigenvalue weighted by Gasteiger charge is -2.40. The first-order valence-electron chi connectivity index (χ1n) is 14.8. The third-order valence-electron chi connectivity index (χ3n) is 7.67. The van der Waals surface area contributed by atoms with Crippen molar-refractivity contribution in [3.63, 3.8) is 0 Å². The second-order valence-electron chi connectivity index (χ2n) is 11.6. The third kappa shape index (κ3) is 9.45. The van der Waals surface area contributed by atoms with Crippen molar-refractivity contribution in [2.45, 2.75) is 93.6 Å². The minimum absolute atomic E-state index is 0.0213. The number of benzene rings is 1. The third-order valence-corrected chi connectivity index (χ3v) is 10.0. The topological polar surface area (TPSA) is 141 Å². The molecule has 0 radical (unpaired) electrons. The molecule has 10 nitrogen and oxygen atoms in total. The molecule has 2 aliphatic heterocycles. The normalized spacial score (nSPS) is 24.6. The van der Waals surface area contributed by atoms with E-state index in [1.807, 2.05) is 48.5 Å². The van der Waals surface area contributed by atoms with E-state index in [1.54, 1.807) is 41.6 Å². The van der Waals surface area contributed by atoms with E-state index in [0.717, 1.165) is 29.2 Å². The summed E-state index contributed by atoms with van der Waals surface area (Å²) < 4.78 is 0. The number of unbranched alkanes of at least 4 members (excludes halogenated alkanes) is 2. The summed E-state index contributed by atoms with van der Waals surface area (Å²) in [4.78, 5) is 60.1. The summed E-state index contributed by atoms with van der Waals surface area (Å²) in [6, 6.07) is 12.4. The predicted molar refractivity (Wildman–Crippen MR) is 168 cm³/mol. The number of hydrogen-bond acceptors (Lipinski definition) is 8. The first kappa shape index (κ1) is 32.8. The summed E-state index contributed by atoms with van der Waals surface area (Å²) in [6.07, 6.45) is 4.70. The quantitative estimate of drug-likeness (QED) is 0.233. The van der Waals surface area contributed by atoms with Crippen LogP contribution in [0.3, 0.4) is 0 Å². The number of nitrogens with zero attached hydrogens (tertiary/aromatic N) is 2. The van der Waals surface area contributed by atoms with Crippen molar-refractivity contribution in [1.29, 1.82) is 0 Å². The molecule has 12 heteroatoms. The molecule has 0 bridgehead atoms. The monoisotopic (exact) mass is 627 g/mol. The second kappa shape index (κ2) is 15.6. The number of carbonyl (C=O) groups excluding carboxylic acids is 4. The van der Waals surface area contributed by atoms with Gasteiger partial charge in [0, 0.05) is 24.9 Å². The number of fused-ring (bicyclic) bond motifs is 1. The number of pyridine rings is 1. The molecule has 2 fully saturated rings. The van der Waals surface area contributed by atoms with Crippen LogP contribution in [0.4, 0.5) is 0 Å². The Bertz CT molecular complexity index is 1250. The number of aromatic nitrogens is 1. The predicted octanol–water partition coefficient (Wildman–Crippen LogP) is 2.85. The van der Waals surface area contributed by atoms with Crippen LogP contribution < -0.4 is 16.0 Å². The zero-order valence-corrected chi connectivity index (χ0v) is 26.3. The van der Waals surface area contributed by atoms with Gasteiger partial charge >= 0.3 is 0 Å². The fourth-order valence-electron chi connectivity index (χ4n) is 5.23. The van der Waals surface area contributed by atoms with E-state index in [-0.39, 0.29) is 19.4 Å². The molecule has 2 aliphatic rings. The summed E-state index contributed by atoms with van der Waals surface area (Å²) in [6.45, 7) is 3.14. The number of aliphatic hydroxyl groups is 1. The van der Waals surface area contributed by atoms with E-state index >= 15 is 0 Å². The van der Waals surface area contributed by atoms with E-state index < -0.39 is 53.4 Å². The summed E-state index contributed by atoms with van der Waals surface area (Å²) in [5.41, 5.74) is -0.503. The molecule has 2 saturated heterocycles. The van der Waals surface area contributed by atoms with Crippen LogP contribution in [0.15, 0.2) is 59.8 Å². The van der Waals surface area contributed by atoms with Crippen molar-refractivity contribution in [2.75, 3.05) is 12.3 Å². The van der Waals surface area contributed by atoms with Gasteiger partial charge in [0.25, 0.3) is 0 Å². The van der Waals surface area contributed by atoms with Gasteiger partial charge in [-0.2, -0.15) is 0 Å². The molecular weight excluding hydrogens is 587 g/mol. The Balaban J connectivity index is 1.45. The molecule has 4 N–H and O–H groups in total. The van der Waals surface area contributed by atoms with E-state index in [2.05, 4.69) is 20.9 Å². The Morgan fingerprint density at radius 2 is 1.70 bits per heavy atom. The SMILES string of the molecule is CC1(C)NC(=O)[C@H](CCCCCSSc2ccccn2)NC(=O)[C@H]2CCC(O)CN2C(=O)[C@H](Cc2ccccc2)NC1=O. The fraction of sp³-hybridized carbons (Fsp3) is 0.516. The average molecular weight is 628 g/mol. The van der Waals surface area contributed by atoms with E-state index in [4.69, 9.17) is 0 Å². The maximum absolute atomic E-state index is 13.9. The van der Waals surface area contributed by atoms with Crippen LogP contribution >= 0.6 is 21.6 Å². The summed E-state index contributed by atoms with van der Waals surface area (Å²) in [5, 5.41) is 19.9. The van der Waals surface area contributed by atoms with Crippen molar-refractivity contribution in [1.82, 2.24) is 25.8 Å². The lowest BCUT2D eigenvalue weighted by Crippen LogP contribution is -2.66. The molecular formula is C31H41N5O5S2. The highest BCUT2D eigenvalue weighted by atomic mass is 33.1. The molecule has 0 aliphatic carbocycles. The zero-order valence-electron chi connectivity index (χ0n) is 24.7. The minimum Gasteiger partial charge on any atom is -0.391 e. The number of nitrogens with one attached hydrogen (secondary N) is 3. The molecule has 4 rings (SSSR count). The van der Waals surface area contributed by atoms with Crippen molar-refractivity contribution in [3.8, 4) is 0 Å². The Hall–Kier alpha value is -3.09. The minimum atomic E-state index is -1.34. The van der Waals surface area contributed by atoms with Gasteiger partial charge in [0.1, 0.15) is 28.7 Å². The van der Waals surface area contributed by atoms with Crippen LogP contribution in [0.2, 0.25) is 0 Å². The molecule has 43 heavy (non-hydrogen) atoms. The first-order valence-corrected chi connectivity index (χ1v) is 17.1. The van der Waals surface area contributed by atoms with E-state index in [1.165, 1.54) is 4.90 Å². The number of carbonyl (C=O) groups is 4. The van der Waals surface area contributed by atoms with Gasteiger partial charge in [-0.05, 0) is 68.0 Å². The number of hydrogen-bond donors (Lipinski definition) is 4. The van der Waals surface area contributed by atoms with Crippen LogP contribution in [-0.4, -0.2) is 80.7 Å². The Labute approximate surface area is 260 Å². The zero-order chi connectivity index (χ0) is 30.8. The highest BCUT2D eigenvalue weighted by Crippen LogP contribution is 2.30.